The lowest BCUT2D eigenvalue weighted by Crippen LogP contribution is -2.22. The molecule has 0 saturated carbocycles. The topological polar surface area (TPSA) is 12.0 Å². The van der Waals surface area contributed by atoms with E-state index in [1.165, 1.54) is 26.7 Å². The van der Waals surface area contributed by atoms with E-state index in [2.05, 4.69) is 84.5 Å². The summed E-state index contributed by atoms with van der Waals surface area (Å²) in [5.41, 5.74) is 5.29. The monoisotopic (exact) mass is 331 g/mol. The molecule has 0 heterocycles. The fourth-order valence-corrected chi connectivity index (χ4v) is 2.81. The highest BCUT2D eigenvalue weighted by Crippen LogP contribution is 2.27. The van der Waals surface area contributed by atoms with Crippen LogP contribution in [0.2, 0.25) is 0 Å². The van der Waals surface area contributed by atoms with Gasteiger partial charge in [0, 0.05) is 4.47 Å². The number of rotatable bonds is 5. The Morgan fingerprint density at radius 2 is 1.80 bits per heavy atom. The normalized spacial score (nSPS) is 12.4. The summed E-state index contributed by atoms with van der Waals surface area (Å²) in [6, 6.07) is 15.7. The lowest BCUT2D eigenvalue weighted by atomic mass is 9.96. The molecule has 106 valence electrons. The van der Waals surface area contributed by atoms with E-state index in [0.717, 1.165) is 13.0 Å². The van der Waals surface area contributed by atoms with Crippen molar-refractivity contribution in [3.63, 3.8) is 0 Å². The van der Waals surface area contributed by atoms with Gasteiger partial charge in [-0.1, -0.05) is 66.2 Å². The average Bonchev–Trinajstić information content (AvgIpc) is 2.48. The molecule has 0 radical (unpaired) electrons. The average molecular weight is 332 g/mol. The van der Waals surface area contributed by atoms with Crippen LogP contribution in [0.3, 0.4) is 0 Å². The summed E-state index contributed by atoms with van der Waals surface area (Å²) in [6.07, 6.45) is 1.07. The molecule has 1 nitrogen and oxygen atoms in total. The van der Waals surface area contributed by atoms with Gasteiger partial charge in [-0.05, 0) is 48.2 Å². The molecule has 1 atom stereocenters. The summed E-state index contributed by atoms with van der Waals surface area (Å²) in [7, 11) is 0. The quantitative estimate of drug-likeness (QED) is 0.811. The Balaban J connectivity index is 2.41. The number of aryl methyl sites for hydroxylation is 2. The third kappa shape index (κ3) is 3.50. The van der Waals surface area contributed by atoms with E-state index in [0.29, 0.717) is 0 Å². The van der Waals surface area contributed by atoms with E-state index in [4.69, 9.17) is 0 Å². The van der Waals surface area contributed by atoms with E-state index in [-0.39, 0.29) is 6.04 Å². The summed E-state index contributed by atoms with van der Waals surface area (Å²) in [5.74, 6) is 0. The van der Waals surface area contributed by atoms with Gasteiger partial charge in [-0.25, -0.2) is 0 Å². The molecule has 2 heteroatoms. The number of halogens is 1. The lowest BCUT2D eigenvalue weighted by molar-refractivity contribution is 0.629. The van der Waals surface area contributed by atoms with Crippen molar-refractivity contribution in [2.24, 2.45) is 0 Å². The van der Waals surface area contributed by atoms with E-state index >= 15 is 0 Å². The molecular weight excluding hydrogens is 310 g/mol. The fourth-order valence-electron chi connectivity index (χ4n) is 2.41. The summed E-state index contributed by atoms with van der Waals surface area (Å²) in [4.78, 5) is 0. The Labute approximate surface area is 130 Å². The molecule has 0 aliphatic heterocycles. The van der Waals surface area contributed by atoms with E-state index in [1.807, 2.05) is 0 Å². The van der Waals surface area contributed by atoms with Gasteiger partial charge in [0.2, 0.25) is 0 Å². The Kier molecular flexibility index (Phi) is 5.38. The van der Waals surface area contributed by atoms with Crippen LogP contribution in [-0.2, 0) is 6.42 Å². The second kappa shape index (κ2) is 7.05. The SMILES string of the molecule is CCNC(c1cccc(CC)c1)c1ccc(C)c(Br)c1. The molecule has 0 saturated heterocycles. The second-order valence-electron chi connectivity index (χ2n) is 5.10. The van der Waals surface area contributed by atoms with Gasteiger partial charge in [-0.15, -0.1) is 0 Å². The predicted molar refractivity (Wildman–Crippen MR) is 90.2 cm³/mol. The molecule has 2 rings (SSSR count). The van der Waals surface area contributed by atoms with E-state index in [9.17, 15) is 0 Å². The Bertz CT molecular complexity index is 577. The minimum atomic E-state index is 0.253. The zero-order valence-electron chi connectivity index (χ0n) is 12.4. The van der Waals surface area contributed by atoms with Crippen LogP contribution < -0.4 is 5.32 Å². The zero-order valence-corrected chi connectivity index (χ0v) is 14.0. The van der Waals surface area contributed by atoms with Crippen LogP contribution in [0.15, 0.2) is 46.9 Å². The van der Waals surface area contributed by atoms with Crippen molar-refractivity contribution in [1.29, 1.82) is 0 Å². The molecule has 0 spiro atoms. The molecule has 0 bridgehead atoms. The van der Waals surface area contributed by atoms with Crippen molar-refractivity contribution in [2.45, 2.75) is 33.2 Å². The molecule has 1 N–H and O–H groups in total. The van der Waals surface area contributed by atoms with Gasteiger partial charge in [-0.3, -0.25) is 0 Å². The van der Waals surface area contributed by atoms with Crippen LogP contribution in [0.25, 0.3) is 0 Å². The van der Waals surface area contributed by atoms with Crippen LogP contribution in [0.5, 0.6) is 0 Å². The van der Waals surface area contributed by atoms with Crippen molar-refractivity contribution in [3.8, 4) is 0 Å². The molecule has 0 aromatic heterocycles. The van der Waals surface area contributed by atoms with Crippen LogP contribution in [-0.4, -0.2) is 6.54 Å². The van der Waals surface area contributed by atoms with Crippen molar-refractivity contribution in [3.05, 3.63) is 69.2 Å². The maximum Gasteiger partial charge on any atom is 0.0577 e. The van der Waals surface area contributed by atoms with E-state index < -0.39 is 0 Å². The number of hydrogen-bond acceptors (Lipinski definition) is 1. The highest BCUT2D eigenvalue weighted by Gasteiger charge is 2.14. The molecule has 0 aliphatic rings. The molecule has 2 aromatic rings. The largest absolute Gasteiger partial charge is 0.307 e. The summed E-state index contributed by atoms with van der Waals surface area (Å²) < 4.78 is 1.17. The standard InChI is InChI=1S/C18H22BrN/c1-4-14-7-6-8-15(11-14)18(20-5-2)16-10-9-13(3)17(19)12-16/h6-12,18,20H,4-5H2,1-3H3. The van der Waals surface area contributed by atoms with Gasteiger partial charge >= 0.3 is 0 Å². The minimum Gasteiger partial charge on any atom is -0.307 e. The van der Waals surface area contributed by atoms with Crippen LogP contribution >= 0.6 is 15.9 Å². The van der Waals surface area contributed by atoms with Gasteiger partial charge in [0.15, 0.2) is 0 Å². The molecule has 0 aliphatic carbocycles. The van der Waals surface area contributed by atoms with Gasteiger partial charge < -0.3 is 5.32 Å². The highest BCUT2D eigenvalue weighted by atomic mass is 79.9. The molecule has 0 fully saturated rings. The van der Waals surface area contributed by atoms with Crippen molar-refractivity contribution in [1.82, 2.24) is 5.32 Å². The van der Waals surface area contributed by atoms with Crippen LogP contribution in [0, 0.1) is 6.92 Å². The first-order valence-electron chi connectivity index (χ1n) is 7.24. The van der Waals surface area contributed by atoms with Gasteiger partial charge in [0.25, 0.3) is 0 Å². The molecular formula is C18H22BrN. The third-order valence-electron chi connectivity index (χ3n) is 3.63. The first-order chi connectivity index (χ1) is 9.65. The molecule has 1 unspecified atom stereocenters. The summed E-state index contributed by atoms with van der Waals surface area (Å²) >= 11 is 3.64. The third-order valence-corrected chi connectivity index (χ3v) is 4.48. The fraction of sp³-hybridized carbons (Fsp3) is 0.333. The summed E-state index contributed by atoms with van der Waals surface area (Å²) in [5, 5.41) is 3.59. The maximum atomic E-state index is 3.64. The van der Waals surface area contributed by atoms with Crippen LogP contribution in [0.4, 0.5) is 0 Å². The zero-order chi connectivity index (χ0) is 14.5. The maximum absolute atomic E-state index is 3.64. The number of hydrogen-bond donors (Lipinski definition) is 1. The van der Waals surface area contributed by atoms with Gasteiger partial charge in [0.05, 0.1) is 6.04 Å². The Morgan fingerprint density at radius 1 is 1.05 bits per heavy atom. The van der Waals surface area contributed by atoms with Gasteiger partial charge in [-0.2, -0.15) is 0 Å². The Morgan fingerprint density at radius 3 is 2.45 bits per heavy atom. The number of nitrogens with one attached hydrogen (secondary N) is 1. The van der Waals surface area contributed by atoms with Crippen LogP contribution in [0.1, 0.15) is 42.1 Å². The lowest BCUT2D eigenvalue weighted by Gasteiger charge is -2.20. The Hall–Kier alpha value is -1.12. The molecule has 2 aromatic carbocycles. The smallest absolute Gasteiger partial charge is 0.0577 e. The highest BCUT2D eigenvalue weighted by molar-refractivity contribution is 9.10. The van der Waals surface area contributed by atoms with Crippen molar-refractivity contribution in [2.75, 3.05) is 6.54 Å². The van der Waals surface area contributed by atoms with Crippen molar-refractivity contribution < 1.29 is 0 Å². The molecule has 20 heavy (non-hydrogen) atoms. The van der Waals surface area contributed by atoms with E-state index in [1.54, 1.807) is 0 Å². The second-order valence-corrected chi connectivity index (χ2v) is 5.95. The summed E-state index contributed by atoms with van der Waals surface area (Å²) in [6.45, 7) is 7.42. The predicted octanol–water partition coefficient (Wildman–Crippen LogP) is 5.02. The van der Waals surface area contributed by atoms with Crippen molar-refractivity contribution >= 4 is 15.9 Å². The first-order valence-corrected chi connectivity index (χ1v) is 8.03. The minimum absolute atomic E-state index is 0.253. The van der Waals surface area contributed by atoms with Gasteiger partial charge in [0.1, 0.15) is 0 Å². The first kappa shape index (κ1) is 15.3. The number of benzene rings is 2. The molecule has 0 amide bonds.